The van der Waals surface area contributed by atoms with Crippen molar-refractivity contribution in [2.75, 3.05) is 37.6 Å². The predicted molar refractivity (Wildman–Crippen MR) is 84.7 cm³/mol. The summed E-state index contributed by atoms with van der Waals surface area (Å²) in [6, 6.07) is 3.16. The Hall–Kier alpha value is -1.98. The maximum Gasteiger partial charge on any atom is 0.250 e. The largest absolute Gasteiger partial charge is 0.338 e. The number of aromatic nitrogens is 3. The van der Waals surface area contributed by atoms with Gasteiger partial charge in [-0.2, -0.15) is 10.1 Å². The number of carbonyl (C=O) groups excluding carboxylic acids is 1. The van der Waals surface area contributed by atoms with Crippen LogP contribution in [-0.2, 0) is 14.8 Å². The zero-order valence-electron chi connectivity index (χ0n) is 12.2. The van der Waals surface area contributed by atoms with Crippen LogP contribution in [0.3, 0.4) is 0 Å². The second-order valence-electron chi connectivity index (χ2n) is 4.93. The van der Waals surface area contributed by atoms with Gasteiger partial charge in [0.1, 0.15) is 10.5 Å². The minimum absolute atomic E-state index is 0.209. The Labute approximate surface area is 137 Å². The SMILES string of the molecule is O=C(CNS(=O)(=O)c1cccs1)N1CCN(c2ncn[nH]2)CC1. The number of hydrogen-bond acceptors (Lipinski definition) is 7. The molecule has 2 aromatic heterocycles. The number of amides is 1. The Kier molecular flexibility index (Phi) is 4.59. The Morgan fingerprint density at radius 2 is 2.13 bits per heavy atom. The molecule has 1 saturated heterocycles. The number of aromatic amines is 1. The van der Waals surface area contributed by atoms with Crippen LogP contribution in [0.5, 0.6) is 0 Å². The van der Waals surface area contributed by atoms with E-state index in [9.17, 15) is 13.2 Å². The highest BCUT2D eigenvalue weighted by Gasteiger charge is 2.24. The topological polar surface area (TPSA) is 111 Å². The third-order valence-corrected chi connectivity index (χ3v) is 6.31. The van der Waals surface area contributed by atoms with E-state index < -0.39 is 10.0 Å². The minimum Gasteiger partial charge on any atom is -0.338 e. The molecular formula is C12H16N6O3S2. The molecule has 2 aromatic rings. The van der Waals surface area contributed by atoms with Gasteiger partial charge in [-0.25, -0.2) is 18.2 Å². The maximum atomic E-state index is 12.2. The summed E-state index contributed by atoms with van der Waals surface area (Å²) in [6.45, 7) is 2.04. The molecular weight excluding hydrogens is 340 g/mol. The highest BCUT2D eigenvalue weighted by molar-refractivity contribution is 7.91. The van der Waals surface area contributed by atoms with E-state index in [-0.39, 0.29) is 16.7 Å². The second-order valence-corrected chi connectivity index (χ2v) is 7.88. The molecule has 3 heterocycles. The Morgan fingerprint density at radius 1 is 1.35 bits per heavy atom. The number of nitrogens with zero attached hydrogens (tertiary/aromatic N) is 4. The maximum absolute atomic E-state index is 12.2. The van der Waals surface area contributed by atoms with Gasteiger partial charge < -0.3 is 9.80 Å². The van der Waals surface area contributed by atoms with Crippen LogP contribution in [0.4, 0.5) is 5.95 Å². The van der Waals surface area contributed by atoms with Crippen molar-refractivity contribution in [3.05, 3.63) is 23.8 Å². The molecule has 2 N–H and O–H groups in total. The normalized spacial score (nSPS) is 15.8. The summed E-state index contributed by atoms with van der Waals surface area (Å²) in [5.41, 5.74) is 0. The minimum atomic E-state index is -3.61. The summed E-state index contributed by atoms with van der Waals surface area (Å²) < 4.78 is 26.5. The molecule has 1 fully saturated rings. The standard InChI is InChI=1S/C12H16N6O3S2/c19-10(8-15-23(20,21)11-2-1-7-22-11)17-3-5-18(6-4-17)12-13-9-14-16-12/h1-2,7,9,15H,3-6,8H2,(H,13,14,16). The molecule has 124 valence electrons. The van der Waals surface area contributed by atoms with Gasteiger partial charge in [-0.3, -0.25) is 4.79 Å². The first kappa shape index (κ1) is 15.9. The Balaban J connectivity index is 1.50. The van der Waals surface area contributed by atoms with Crippen molar-refractivity contribution in [3.8, 4) is 0 Å². The molecule has 1 aliphatic rings. The van der Waals surface area contributed by atoms with Crippen molar-refractivity contribution in [2.24, 2.45) is 0 Å². The lowest BCUT2D eigenvalue weighted by atomic mass is 10.3. The summed E-state index contributed by atoms with van der Waals surface area (Å²) in [6.07, 6.45) is 1.44. The number of piperazine rings is 1. The lowest BCUT2D eigenvalue weighted by molar-refractivity contribution is -0.130. The summed E-state index contributed by atoms with van der Waals surface area (Å²) in [7, 11) is -3.61. The van der Waals surface area contributed by atoms with Crippen molar-refractivity contribution in [3.63, 3.8) is 0 Å². The molecule has 9 nitrogen and oxygen atoms in total. The van der Waals surface area contributed by atoms with Gasteiger partial charge in [0.2, 0.25) is 11.9 Å². The number of carbonyl (C=O) groups is 1. The van der Waals surface area contributed by atoms with Crippen molar-refractivity contribution < 1.29 is 13.2 Å². The van der Waals surface area contributed by atoms with Crippen molar-refractivity contribution >= 4 is 33.2 Å². The summed E-state index contributed by atoms with van der Waals surface area (Å²) in [5, 5.41) is 8.26. The third-order valence-electron chi connectivity index (χ3n) is 3.51. The third kappa shape index (κ3) is 3.68. The van der Waals surface area contributed by atoms with Crippen molar-refractivity contribution in [1.29, 1.82) is 0 Å². The van der Waals surface area contributed by atoms with Crippen molar-refractivity contribution in [1.82, 2.24) is 24.8 Å². The Bertz CT molecular complexity index is 736. The van der Waals surface area contributed by atoms with Crippen LogP contribution in [0.25, 0.3) is 0 Å². The fourth-order valence-electron chi connectivity index (χ4n) is 2.28. The Morgan fingerprint density at radius 3 is 2.74 bits per heavy atom. The molecule has 3 rings (SSSR count). The van der Waals surface area contributed by atoms with E-state index in [1.54, 1.807) is 16.3 Å². The monoisotopic (exact) mass is 356 g/mol. The van der Waals surface area contributed by atoms with Crippen LogP contribution >= 0.6 is 11.3 Å². The molecule has 0 unspecified atom stereocenters. The van der Waals surface area contributed by atoms with E-state index in [2.05, 4.69) is 19.9 Å². The van der Waals surface area contributed by atoms with Gasteiger partial charge in [0.25, 0.3) is 10.0 Å². The molecule has 0 aliphatic carbocycles. The second kappa shape index (κ2) is 6.64. The number of anilines is 1. The van der Waals surface area contributed by atoms with Crippen LogP contribution in [0.1, 0.15) is 0 Å². The lowest BCUT2D eigenvalue weighted by Gasteiger charge is -2.34. The van der Waals surface area contributed by atoms with Gasteiger partial charge in [0.05, 0.1) is 6.54 Å². The summed E-state index contributed by atoms with van der Waals surface area (Å²) >= 11 is 1.12. The first-order valence-corrected chi connectivity index (χ1v) is 9.34. The molecule has 0 atom stereocenters. The number of H-pyrrole nitrogens is 1. The van der Waals surface area contributed by atoms with Crippen molar-refractivity contribution in [2.45, 2.75) is 4.21 Å². The molecule has 1 aliphatic heterocycles. The van der Waals surface area contributed by atoms with E-state index in [4.69, 9.17) is 0 Å². The molecule has 23 heavy (non-hydrogen) atoms. The van der Waals surface area contributed by atoms with Gasteiger partial charge in [-0.1, -0.05) is 6.07 Å². The fraction of sp³-hybridized carbons (Fsp3) is 0.417. The van der Waals surface area contributed by atoms with Gasteiger partial charge in [0, 0.05) is 26.2 Å². The first-order valence-electron chi connectivity index (χ1n) is 6.97. The van der Waals surface area contributed by atoms with Crippen LogP contribution in [-0.4, -0.2) is 67.1 Å². The molecule has 0 aromatic carbocycles. The van der Waals surface area contributed by atoms with Crippen LogP contribution < -0.4 is 9.62 Å². The highest BCUT2D eigenvalue weighted by atomic mass is 32.2. The van der Waals surface area contributed by atoms with E-state index in [0.717, 1.165) is 11.3 Å². The van der Waals surface area contributed by atoms with Crippen LogP contribution in [0.2, 0.25) is 0 Å². The van der Waals surface area contributed by atoms with Crippen LogP contribution in [0, 0.1) is 0 Å². The van der Waals surface area contributed by atoms with E-state index in [0.29, 0.717) is 32.1 Å². The van der Waals surface area contributed by atoms with E-state index in [1.807, 2.05) is 4.90 Å². The number of hydrogen-bond donors (Lipinski definition) is 2. The van der Waals surface area contributed by atoms with Gasteiger partial charge in [0.15, 0.2) is 0 Å². The number of nitrogens with one attached hydrogen (secondary N) is 2. The molecule has 1 amide bonds. The first-order chi connectivity index (χ1) is 11.1. The fourth-order valence-corrected chi connectivity index (χ4v) is 4.29. The quantitative estimate of drug-likeness (QED) is 0.747. The van der Waals surface area contributed by atoms with E-state index >= 15 is 0 Å². The molecule has 11 heteroatoms. The van der Waals surface area contributed by atoms with Gasteiger partial charge in [-0.05, 0) is 11.4 Å². The molecule has 0 bridgehead atoms. The average Bonchev–Trinajstić information content (AvgIpc) is 3.26. The molecule has 0 spiro atoms. The van der Waals surface area contributed by atoms with Gasteiger partial charge in [-0.15, -0.1) is 11.3 Å². The zero-order chi connectivity index (χ0) is 16.3. The smallest absolute Gasteiger partial charge is 0.250 e. The predicted octanol–water partition coefficient (Wildman–Crippen LogP) is -0.507. The van der Waals surface area contributed by atoms with Crippen LogP contribution in [0.15, 0.2) is 28.0 Å². The van der Waals surface area contributed by atoms with E-state index in [1.165, 1.54) is 12.4 Å². The molecule has 0 saturated carbocycles. The zero-order valence-corrected chi connectivity index (χ0v) is 13.8. The average molecular weight is 356 g/mol. The molecule has 0 radical (unpaired) electrons. The summed E-state index contributed by atoms with van der Waals surface area (Å²) in [4.78, 5) is 19.9. The van der Waals surface area contributed by atoms with Gasteiger partial charge >= 0.3 is 0 Å². The lowest BCUT2D eigenvalue weighted by Crippen LogP contribution is -2.51. The number of thiophene rings is 1. The summed E-state index contributed by atoms with van der Waals surface area (Å²) in [5.74, 6) is 0.442. The number of sulfonamides is 1. The number of rotatable bonds is 5. The highest BCUT2D eigenvalue weighted by Crippen LogP contribution is 2.15.